The van der Waals surface area contributed by atoms with E-state index >= 15 is 0 Å². The average Bonchev–Trinajstić information content (AvgIpc) is 2.47. The Kier molecular flexibility index (Phi) is 1.98. The van der Waals surface area contributed by atoms with Gasteiger partial charge < -0.3 is 0 Å². The van der Waals surface area contributed by atoms with E-state index in [4.69, 9.17) is 0 Å². The van der Waals surface area contributed by atoms with Crippen LogP contribution in [0.2, 0.25) is 0 Å². The molecule has 1 aliphatic carbocycles. The van der Waals surface area contributed by atoms with Crippen molar-refractivity contribution >= 4 is 27.5 Å². The lowest BCUT2D eigenvalue weighted by Crippen LogP contribution is -2.38. The van der Waals surface area contributed by atoms with Gasteiger partial charge in [-0.05, 0) is 24.1 Å². The normalized spacial score (nSPS) is 26.9. The molecule has 1 aromatic carbocycles. The van der Waals surface area contributed by atoms with Crippen LogP contribution in [0.4, 0.5) is 0 Å². The first-order valence-electron chi connectivity index (χ1n) is 5.24. The zero-order chi connectivity index (χ0) is 11.3. The van der Waals surface area contributed by atoms with Crippen LogP contribution in [-0.4, -0.2) is 11.6 Å². The highest BCUT2D eigenvalue weighted by molar-refractivity contribution is 9.10. The SMILES string of the molecule is CC12CC(=O)NN=C1c1ccc(Br)cc1C2. The molecule has 1 aromatic rings. The number of halogens is 1. The maximum atomic E-state index is 11.4. The molecular formula is C12H11BrN2O. The number of hydrogen-bond acceptors (Lipinski definition) is 2. The van der Waals surface area contributed by atoms with Gasteiger partial charge in [0.1, 0.15) is 0 Å². The Morgan fingerprint density at radius 2 is 2.25 bits per heavy atom. The van der Waals surface area contributed by atoms with Crippen LogP contribution >= 0.6 is 15.9 Å². The number of carbonyl (C=O) groups excluding carboxylic acids is 1. The molecule has 1 atom stereocenters. The van der Waals surface area contributed by atoms with Gasteiger partial charge in [-0.1, -0.05) is 28.9 Å². The van der Waals surface area contributed by atoms with Crippen LogP contribution in [-0.2, 0) is 11.2 Å². The number of hydrazone groups is 1. The molecule has 82 valence electrons. The Bertz CT molecular complexity index is 524. The molecule has 1 heterocycles. The summed E-state index contributed by atoms with van der Waals surface area (Å²) < 4.78 is 1.08. The molecule has 1 unspecified atom stereocenters. The highest BCUT2D eigenvalue weighted by Crippen LogP contribution is 2.41. The Balaban J connectivity index is 2.16. The van der Waals surface area contributed by atoms with Gasteiger partial charge in [-0.25, -0.2) is 5.43 Å². The van der Waals surface area contributed by atoms with E-state index < -0.39 is 0 Å². The van der Waals surface area contributed by atoms with Crippen LogP contribution in [0.5, 0.6) is 0 Å². The molecule has 0 aromatic heterocycles. The molecule has 4 heteroatoms. The van der Waals surface area contributed by atoms with Gasteiger partial charge in [0.15, 0.2) is 0 Å². The second-order valence-corrected chi connectivity index (χ2v) is 5.63. The van der Waals surface area contributed by atoms with Gasteiger partial charge in [0.25, 0.3) is 0 Å². The van der Waals surface area contributed by atoms with Crippen LogP contribution in [0.1, 0.15) is 24.5 Å². The maximum absolute atomic E-state index is 11.4. The minimum Gasteiger partial charge on any atom is -0.273 e. The first-order valence-corrected chi connectivity index (χ1v) is 6.04. The van der Waals surface area contributed by atoms with Crippen molar-refractivity contribution in [3.8, 4) is 0 Å². The van der Waals surface area contributed by atoms with E-state index in [1.165, 1.54) is 11.1 Å². The van der Waals surface area contributed by atoms with E-state index in [0.717, 1.165) is 16.6 Å². The fourth-order valence-corrected chi connectivity index (χ4v) is 3.03. The molecule has 0 saturated heterocycles. The lowest BCUT2D eigenvalue weighted by atomic mass is 9.81. The lowest BCUT2D eigenvalue weighted by molar-refractivity contribution is -0.122. The van der Waals surface area contributed by atoms with E-state index in [9.17, 15) is 4.79 Å². The highest BCUT2D eigenvalue weighted by atomic mass is 79.9. The maximum Gasteiger partial charge on any atom is 0.241 e. The molecule has 1 N–H and O–H groups in total. The summed E-state index contributed by atoms with van der Waals surface area (Å²) in [6.45, 7) is 2.11. The van der Waals surface area contributed by atoms with Crippen molar-refractivity contribution in [2.45, 2.75) is 19.8 Å². The van der Waals surface area contributed by atoms with Crippen LogP contribution in [0.25, 0.3) is 0 Å². The summed E-state index contributed by atoms with van der Waals surface area (Å²) in [6, 6.07) is 6.20. The van der Waals surface area contributed by atoms with Gasteiger partial charge >= 0.3 is 0 Å². The van der Waals surface area contributed by atoms with Crippen LogP contribution < -0.4 is 5.43 Å². The molecule has 0 saturated carbocycles. The number of hydrogen-bond donors (Lipinski definition) is 1. The molecule has 0 spiro atoms. The molecule has 0 fully saturated rings. The van der Waals surface area contributed by atoms with Crippen molar-refractivity contribution in [2.75, 3.05) is 0 Å². The summed E-state index contributed by atoms with van der Waals surface area (Å²) in [5.41, 5.74) is 5.92. The Morgan fingerprint density at radius 3 is 3.06 bits per heavy atom. The van der Waals surface area contributed by atoms with E-state index in [1.807, 2.05) is 6.07 Å². The van der Waals surface area contributed by atoms with Crippen LogP contribution in [0.3, 0.4) is 0 Å². The van der Waals surface area contributed by atoms with Crippen LogP contribution in [0, 0.1) is 5.41 Å². The fraction of sp³-hybridized carbons (Fsp3) is 0.333. The monoisotopic (exact) mass is 278 g/mol. The number of fused-ring (bicyclic) bond motifs is 3. The number of carbonyl (C=O) groups is 1. The Hall–Kier alpha value is -1.16. The minimum atomic E-state index is -0.120. The lowest BCUT2D eigenvalue weighted by Gasteiger charge is -2.27. The summed E-state index contributed by atoms with van der Waals surface area (Å²) in [5, 5.41) is 4.22. The Morgan fingerprint density at radius 1 is 1.44 bits per heavy atom. The number of rotatable bonds is 0. The van der Waals surface area contributed by atoms with Gasteiger partial charge in [-0.15, -0.1) is 0 Å². The Labute approximate surface area is 102 Å². The zero-order valence-electron chi connectivity index (χ0n) is 8.88. The highest BCUT2D eigenvalue weighted by Gasteiger charge is 2.43. The smallest absolute Gasteiger partial charge is 0.241 e. The second-order valence-electron chi connectivity index (χ2n) is 4.71. The summed E-state index contributed by atoms with van der Waals surface area (Å²) in [6.07, 6.45) is 1.42. The largest absolute Gasteiger partial charge is 0.273 e. The second kappa shape index (κ2) is 3.17. The van der Waals surface area contributed by atoms with Crippen molar-refractivity contribution in [2.24, 2.45) is 10.5 Å². The molecule has 3 nitrogen and oxygen atoms in total. The third-order valence-corrected chi connectivity index (χ3v) is 3.81. The first-order chi connectivity index (χ1) is 7.58. The van der Waals surface area contributed by atoms with Crippen molar-refractivity contribution < 1.29 is 4.79 Å². The zero-order valence-corrected chi connectivity index (χ0v) is 10.5. The molecular weight excluding hydrogens is 268 g/mol. The van der Waals surface area contributed by atoms with Crippen LogP contribution in [0.15, 0.2) is 27.8 Å². The van der Waals surface area contributed by atoms with E-state index in [1.54, 1.807) is 0 Å². The minimum absolute atomic E-state index is 0.0121. The molecule has 1 amide bonds. The third-order valence-electron chi connectivity index (χ3n) is 3.32. The van der Waals surface area contributed by atoms with Crippen molar-refractivity contribution in [1.29, 1.82) is 0 Å². The van der Waals surface area contributed by atoms with E-state index in [2.05, 4.69) is 45.5 Å². The summed E-state index contributed by atoms with van der Waals surface area (Å²) in [7, 11) is 0. The predicted molar refractivity (Wildman–Crippen MR) is 65.2 cm³/mol. The first kappa shape index (κ1) is 10.0. The van der Waals surface area contributed by atoms with Gasteiger partial charge in [0, 0.05) is 21.9 Å². The molecule has 16 heavy (non-hydrogen) atoms. The van der Waals surface area contributed by atoms with Crippen molar-refractivity contribution in [3.05, 3.63) is 33.8 Å². The fourth-order valence-electron chi connectivity index (χ4n) is 2.62. The summed E-state index contributed by atoms with van der Waals surface area (Å²) >= 11 is 3.47. The number of amides is 1. The molecule has 1 aliphatic heterocycles. The molecule has 2 aliphatic rings. The van der Waals surface area contributed by atoms with Gasteiger partial charge in [0.2, 0.25) is 5.91 Å². The van der Waals surface area contributed by atoms with Crippen molar-refractivity contribution in [1.82, 2.24) is 5.43 Å². The topological polar surface area (TPSA) is 41.5 Å². The van der Waals surface area contributed by atoms with E-state index in [-0.39, 0.29) is 11.3 Å². The summed E-state index contributed by atoms with van der Waals surface area (Å²) in [4.78, 5) is 11.4. The summed E-state index contributed by atoms with van der Waals surface area (Å²) in [5.74, 6) is 0.0121. The molecule has 0 radical (unpaired) electrons. The van der Waals surface area contributed by atoms with Gasteiger partial charge in [-0.2, -0.15) is 5.10 Å². The van der Waals surface area contributed by atoms with E-state index in [0.29, 0.717) is 6.42 Å². The number of nitrogens with zero attached hydrogens (tertiary/aromatic N) is 1. The number of nitrogens with one attached hydrogen (secondary N) is 1. The van der Waals surface area contributed by atoms with Crippen molar-refractivity contribution in [3.63, 3.8) is 0 Å². The predicted octanol–water partition coefficient (Wildman–Crippen LogP) is 2.24. The molecule has 0 bridgehead atoms. The standard InChI is InChI=1S/C12H11BrN2O/c1-12-5-7-4-8(13)2-3-9(7)11(12)15-14-10(16)6-12/h2-4H,5-6H2,1H3,(H,14,16). The van der Waals surface area contributed by atoms with Gasteiger partial charge in [-0.3, -0.25) is 4.79 Å². The van der Waals surface area contributed by atoms with Gasteiger partial charge in [0.05, 0.1) is 5.71 Å². The third kappa shape index (κ3) is 1.33. The number of benzene rings is 1. The average molecular weight is 279 g/mol. The quantitative estimate of drug-likeness (QED) is 0.777. The molecule has 3 rings (SSSR count).